The first-order valence-corrected chi connectivity index (χ1v) is 14.7. The molecular formula is C33H47N3O4. The zero-order valence-electron chi connectivity index (χ0n) is 24.9. The summed E-state index contributed by atoms with van der Waals surface area (Å²) in [6.45, 7) is 11.6. The van der Waals surface area contributed by atoms with E-state index in [9.17, 15) is 9.59 Å². The fourth-order valence-corrected chi connectivity index (χ4v) is 4.68. The van der Waals surface area contributed by atoms with Gasteiger partial charge in [-0.2, -0.15) is 0 Å². The number of rotatable bonds is 15. The second-order valence-corrected chi connectivity index (χ2v) is 11.4. The molecule has 0 aliphatic rings. The Labute approximate surface area is 239 Å². The minimum atomic E-state index is -0.744. The van der Waals surface area contributed by atoms with E-state index in [1.165, 1.54) is 0 Å². The Morgan fingerprint density at radius 1 is 0.950 bits per heavy atom. The molecule has 1 heterocycles. The largest absolute Gasteiger partial charge is 0.489 e. The van der Waals surface area contributed by atoms with E-state index in [1.807, 2.05) is 80.4 Å². The van der Waals surface area contributed by atoms with Gasteiger partial charge < -0.3 is 24.7 Å². The third-order valence-electron chi connectivity index (χ3n) is 6.78. The van der Waals surface area contributed by atoms with E-state index in [0.717, 1.165) is 66.3 Å². The van der Waals surface area contributed by atoms with E-state index in [4.69, 9.17) is 9.47 Å². The summed E-state index contributed by atoms with van der Waals surface area (Å²) in [5.41, 5.74) is 2.33. The summed E-state index contributed by atoms with van der Waals surface area (Å²) in [5, 5.41) is 3.87. The minimum Gasteiger partial charge on any atom is -0.489 e. The van der Waals surface area contributed by atoms with Crippen molar-refractivity contribution in [1.29, 1.82) is 0 Å². The number of ether oxygens (including phenoxy) is 2. The third-order valence-corrected chi connectivity index (χ3v) is 6.78. The molecule has 218 valence electrons. The first kappa shape index (κ1) is 31.1. The number of carbonyl (C=O) groups is 2. The van der Waals surface area contributed by atoms with Crippen LogP contribution in [0.3, 0.4) is 0 Å². The molecule has 0 bridgehead atoms. The lowest BCUT2D eigenvalue weighted by atomic mass is 10.0. The predicted molar refractivity (Wildman–Crippen MR) is 162 cm³/mol. The number of nitrogens with one attached hydrogen (secondary N) is 2. The van der Waals surface area contributed by atoms with Crippen LogP contribution >= 0.6 is 0 Å². The molecule has 40 heavy (non-hydrogen) atoms. The summed E-state index contributed by atoms with van der Waals surface area (Å²) in [6, 6.07) is 15.2. The van der Waals surface area contributed by atoms with Crippen LogP contribution in [0.15, 0.2) is 54.7 Å². The summed E-state index contributed by atoms with van der Waals surface area (Å²) in [7, 11) is 0. The number of hydrogen-bond donors (Lipinski definition) is 2. The highest BCUT2D eigenvalue weighted by Gasteiger charge is 2.29. The number of hydrogen-bond acceptors (Lipinski definition) is 4. The molecular weight excluding hydrogens is 502 g/mol. The summed E-state index contributed by atoms with van der Waals surface area (Å²) >= 11 is 0. The SMILES string of the molecule is CCCCCN(CCCCC)C(=O)[C@H](Cc1c[nH]c2ccc(OCc3ccccc3)cc12)NC(=O)OC(C)(C)C. The fraction of sp³-hybridized carbons (Fsp3) is 0.515. The van der Waals surface area contributed by atoms with Gasteiger partial charge in [-0.3, -0.25) is 4.79 Å². The van der Waals surface area contributed by atoms with Crippen LogP contribution < -0.4 is 10.1 Å². The Morgan fingerprint density at radius 2 is 1.62 bits per heavy atom. The number of nitrogens with zero attached hydrogens (tertiary/aromatic N) is 1. The summed E-state index contributed by atoms with van der Waals surface area (Å²) in [6.07, 6.45) is 7.87. The van der Waals surface area contributed by atoms with Crippen molar-refractivity contribution in [3.8, 4) is 5.75 Å². The van der Waals surface area contributed by atoms with Crippen molar-refractivity contribution in [1.82, 2.24) is 15.2 Å². The van der Waals surface area contributed by atoms with Gasteiger partial charge in [0.1, 0.15) is 24.0 Å². The van der Waals surface area contributed by atoms with Gasteiger partial charge in [0.15, 0.2) is 0 Å². The number of H-pyrrole nitrogens is 1. The number of aromatic nitrogens is 1. The second kappa shape index (κ2) is 15.3. The zero-order valence-corrected chi connectivity index (χ0v) is 24.9. The van der Waals surface area contributed by atoms with E-state index >= 15 is 0 Å². The van der Waals surface area contributed by atoms with Gasteiger partial charge in [-0.15, -0.1) is 0 Å². The first-order valence-electron chi connectivity index (χ1n) is 14.7. The van der Waals surface area contributed by atoms with Crippen LogP contribution in [0.2, 0.25) is 0 Å². The van der Waals surface area contributed by atoms with Crippen LogP contribution in [-0.2, 0) is 22.6 Å². The molecule has 2 N–H and O–H groups in total. The molecule has 0 radical (unpaired) electrons. The van der Waals surface area contributed by atoms with Crippen LogP contribution in [-0.4, -0.2) is 46.6 Å². The number of unbranched alkanes of at least 4 members (excludes halogenated alkanes) is 4. The molecule has 3 rings (SSSR count). The van der Waals surface area contributed by atoms with Crippen molar-refractivity contribution < 1.29 is 19.1 Å². The Kier molecular flexibility index (Phi) is 11.9. The zero-order chi connectivity index (χ0) is 29.0. The summed E-state index contributed by atoms with van der Waals surface area (Å²) in [5.74, 6) is 0.685. The third kappa shape index (κ3) is 9.92. The summed E-state index contributed by atoms with van der Waals surface area (Å²) in [4.78, 5) is 32.0. The van der Waals surface area contributed by atoms with Crippen LogP contribution in [0.25, 0.3) is 10.9 Å². The van der Waals surface area contributed by atoms with Gasteiger partial charge in [0.05, 0.1) is 0 Å². The average molecular weight is 550 g/mol. The maximum absolute atomic E-state index is 13.9. The Balaban J connectivity index is 1.84. The molecule has 0 saturated carbocycles. The molecule has 1 atom stereocenters. The van der Waals surface area contributed by atoms with Crippen molar-refractivity contribution in [2.45, 2.75) is 97.8 Å². The first-order chi connectivity index (χ1) is 19.2. The number of benzene rings is 2. The highest BCUT2D eigenvalue weighted by molar-refractivity contribution is 5.89. The lowest BCUT2D eigenvalue weighted by Gasteiger charge is -2.29. The highest BCUT2D eigenvalue weighted by atomic mass is 16.6. The molecule has 1 aromatic heterocycles. The molecule has 0 aliphatic carbocycles. The standard InChI is InChI=1S/C33H47N3O4/c1-6-8-13-19-36(20-14-9-7-2)31(37)30(35-32(38)40-33(3,4)5)21-26-23-34-29-18-17-27(22-28(26)29)39-24-25-15-11-10-12-16-25/h10-12,15-18,22-23,30,34H,6-9,13-14,19-21,24H2,1-5H3,(H,35,38)/t30-/m0/s1. The minimum absolute atomic E-state index is 0.0658. The second-order valence-electron chi connectivity index (χ2n) is 11.4. The van der Waals surface area contributed by atoms with Gasteiger partial charge in [-0.1, -0.05) is 69.9 Å². The molecule has 0 unspecified atom stereocenters. The molecule has 2 aromatic carbocycles. The van der Waals surface area contributed by atoms with Crippen LogP contribution in [0.4, 0.5) is 4.79 Å². The Morgan fingerprint density at radius 3 is 2.25 bits per heavy atom. The smallest absolute Gasteiger partial charge is 0.408 e. The van der Waals surface area contributed by atoms with Gasteiger partial charge >= 0.3 is 6.09 Å². The van der Waals surface area contributed by atoms with Crippen LogP contribution in [0.1, 0.15) is 84.3 Å². The lowest BCUT2D eigenvalue weighted by molar-refractivity contribution is -0.133. The predicted octanol–water partition coefficient (Wildman–Crippen LogP) is 7.39. The van der Waals surface area contributed by atoms with Gasteiger partial charge in [-0.25, -0.2) is 4.79 Å². The van der Waals surface area contributed by atoms with Crippen LogP contribution in [0, 0.1) is 0 Å². The van der Waals surface area contributed by atoms with E-state index < -0.39 is 17.7 Å². The molecule has 7 nitrogen and oxygen atoms in total. The number of fused-ring (bicyclic) bond motifs is 1. The normalized spacial score (nSPS) is 12.2. The highest BCUT2D eigenvalue weighted by Crippen LogP contribution is 2.26. The van der Waals surface area contributed by atoms with Gasteiger partial charge in [0, 0.05) is 36.6 Å². The van der Waals surface area contributed by atoms with Crippen molar-refractivity contribution in [3.05, 3.63) is 65.9 Å². The molecule has 0 saturated heterocycles. The van der Waals surface area contributed by atoms with Crippen LogP contribution in [0.5, 0.6) is 5.75 Å². The molecule has 7 heteroatoms. The Bertz CT molecular complexity index is 1190. The molecule has 0 fully saturated rings. The monoisotopic (exact) mass is 549 g/mol. The Hall–Kier alpha value is -3.48. The van der Waals surface area contributed by atoms with E-state index in [-0.39, 0.29) is 5.91 Å². The van der Waals surface area contributed by atoms with Crippen molar-refractivity contribution in [2.24, 2.45) is 0 Å². The molecule has 0 aliphatic heterocycles. The number of aromatic amines is 1. The van der Waals surface area contributed by atoms with Crippen molar-refractivity contribution >= 4 is 22.9 Å². The average Bonchev–Trinajstić information content (AvgIpc) is 3.32. The molecule has 2 amide bonds. The fourth-order valence-electron chi connectivity index (χ4n) is 4.68. The number of alkyl carbamates (subject to hydrolysis) is 1. The topological polar surface area (TPSA) is 83.7 Å². The van der Waals surface area contributed by atoms with Gasteiger partial charge in [0.2, 0.25) is 5.91 Å². The van der Waals surface area contributed by atoms with Gasteiger partial charge in [-0.05, 0) is 62.9 Å². The van der Waals surface area contributed by atoms with Crippen molar-refractivity contribution in [3.63, 3.8) is 0 Å². The molecule has 0 spiro atoms. The lowest BCUT2D eigenvalue weighted by Crippen LogP contribution is -2.51. The number of carbonyl (C=O) groups excluding carboxylic acids is 2. The van der Waals surface area contributed by atoms with Crippen molar-refractivity contribution in [2.75, 3.05) is 13.1 Å². The van der Waals surface area contributed by atoms with E-state index in [0.29, 0.717) is 26.1 Å². The van der Waals surface area contributed by atoms with Gasteiger partial charge in [0.25, 0.3) is 0 Å². The summed E-state index contributed by atoms with van der Waals surface area (Å²) < 4.78 is 11.6. The number of amides is 2. The maximum Gasteiger partial charge on any atom is 0.408 e. The van der Waals surface area contributed by atoms with E-state index in [1.54, 1.807) is 0 Å². The van der Waals surface area contributed by atoms with E-state index in [2.05, 4.69) is 24.1 Å². The quantitative estimate of drug-likeness (QED) is 0.194. The maximum atomic E-state index is 13.9. The molecule has 3 aromatic rings.